The molecule has 0 aromatic rings. The molecule has 5 N–H and O–H groups in total. The first-order valence-corrected chi connectivity index (χ1v) is 7.18. The van der Waals surface area contributed by atoms with Gasteiger partial charge in [0, 0.05) is 0 Å². The predicted molar refractivity (Wildman–Crippen MR) is 74.7 cm³/mol. The fourth-order valence-corrected chi connectivity index (χ4v) is 2.53. The van der Waals surface area contributed by atoms with Gasteiger partial charge in [-0.25, -0.2) is 4.79 Å². The molecule has 1 unspecified atom stereocenters. The first-order valence-electron chi connectivity index (χ1n) is 7.18. The van der Waals surface area contributed by atoms with Gasteiger partial charge in [-0.05, 0) is 51.9 Å². The summed E-state index contributed by atoms with van der Waals surface area (Å²) >= 11 is 0. The summed E-state index contributed by atoms with van der Waals surface area (Å²) in [5.41, 5.74) is 8.37. The Morgan fingerprint density at radius 1 is 1.15 bits per heavy atom. The Balaban J connectivity index is 2.24. The highest BCUT2D eigenvalue weighted by molar-refractivity contribution is 5.83. The molecule has 1 rings (SSSR count). The first-order chi connectivity index (χ1) is 9.17. The Hall–Kier alpha value is -1.30. The average molecular weight is 286 g/mol. The van der Waals surface area contributed by atoms with E-state index in [1.165, 1.54) is 0 Å². The van der Waals surface area contributed by atoms with Gasteiger partial charge in [0.2, 0.25) is 5.91 Å². The molecule has 2 amide bonds. The van der Waals surface area contributed by atoms with Crippen molar-refractivity contribution in [2.45, 2.75) is 70.0 Å². The van der Waals surface area contributed by atoms with Crippen LogP contribution < -0.4 is 11.5 Å². The van der Waals surface area contributed by atoms with Crippen molar-refractivity contribution >= 4 is 12.0 Å². The van der Waals surface area contributed by atoms with E-state index >= 15 is 0 Å². The normalized spacial score (nSPS) is 18.4. The molecule has 6 nitrogen and oxygen atoms in total. The van der Waals surface area contributed by atoms with Crippen molar-refractivity contribution in [3.63, 3.8) is 0 Å². The van der Waals surface area contributed by atoms with Gasteiger partial charge in [-0.3, -0.25) is 4.79 Å². The molecule has 0 spiro atoms. The molecule has 0 aromatic carbocycles. The second-order valence-corrected chi connectivity index (χ2v) is 6.30. The molecule has 0 heterocycles. The molecule has 0 aliphatic heterocycles. The van der Waals surface area contributed by atoms with Crippen LogP contribution in [0.4, 0.5) is 4.79 Å². The third-order valence-corrected chi connectivity index (χ3v) is 3.89. The van der Waals surface area contributed by atoms with Crippen LogP contribution >= 0.6 is 0 Å². The Bertz CT molecular complexity index is 366. The van der Waals surface area contributed by atoms with Crippen LogP contribution in [0.5, 0.6) is 0 Å². The molecule has 1 aliphatic carbocycles. The van der Waals surface area contributed by atoms with E-state index in [1.807, 2.05) is 13.8 Å². The minimum absolute atomic E-state index is 0.0367. The highest BCUT2D eigenvalue weighted by Gasteiger charge is 2.47. The standard InChI is InChI=1S/C14H26N2O4/c1-13(2,20-12(16)18)8-4-3-5-9-14(19,11(15)17)10-6-7-10/h10,19H,3-9H2,1-2H3,(H2,15,17)(H2,16,18). The summed E-state index contributed by atoms with van der Waals surface area (Å²) in [6.45, 7) is 3.61. The van der Waals surface area contributed by atoms with Gasteiger partial charge in [-0.2, -0.15) is 0 Å². The van der Waals surface area contributed by atoms with E-state index in [1.54, 1.807) is 0 Å². The second-order valence-electron chi connectivity index (χ2n) is 6.30. The van der Waals surface area contributed by atoms with Gasteiger partial charge in [0.25, 0.3) is 0 Å². The maximum absolute atomic E-state index is 11.3. The largest absolute Gasteiger partial charge is 0.444 e. The lowest BCUT2D eigenvalue weighted by Gasteiger charge is -2.25. The zero-order valence-electron chi connectivity index (χ0n) is 12.4. The molecule has 0 radical (unpaired) electrons. The Morgan fingerprint density at radius 2 is 1.70 bits per heavy atom. The van der Waals surface area contributed by atoms with Gasteiger partial charge in [0.15, 0.2) is 0 Å². The number of unbranched alkanes of at least 4 members (excludes halogenated alkanes) is 2. The first kappa shape index (κ1) is 16.8. The van der Waals surface area contributed by atoms with E-state index < -0.39 is 23.2 Å². The highest BCUT2D eigenvalue weighted by atomic mass is 16.6. The molecule has 1 fully saturated rings. The third-order valence-electron chi connectivity index (χ3n) is 3.89. The topological polar surface area (TPSA) is 116 Å². The number of nitrogens with two attached hydrogens (primary N) is 2. The molecule has 20 heavy (non-hydrogen) atoms. The van der Waals surface area contributed by atoms with Gasteiger partial charge in [0.1, 0.15) is 11.2 Å². The van der Waals surface area contributed by atoms with E-state index in [4.69, 9.17) is 16.2 Å². The number of ether oxygens (including phenoxy) is 1. The quantitative estimate of drug-likeness (QED) is 0.556. The molecule has 116 valence electrons. The zero-order chi connectivity index (χ0) is 15.4. The maximum Gasteiger partial charge on any atom is 0.405 e. The number of carbonyl (C=O) groups is 2. The fraction of sp³-hybridized carbons (Fsp3) is 0.857. The molecule has 1 saturated carbocycles. The van der Waals surface area contributed by atoms with E-state index in [-0.39, 0.29) is 5.92 Å². The van der Waals surface area contributed by atoms with Crippen molar-refractivity contribution in [2.75, 3.05) is 0 Å². The number of rotatable bonds is 9. The molecule has 0 bridgehead atoms. The number of carbonyl (C=O) groups excluding carboxylic acids is 2. The monoisotopic (exact) mass is 286 g/mol. The van der Waals surface area contributed by atoms with E-state index in [0.29, 0.717) is 12.8 Å². The van der Waals surface area contributed by atoms with Crippen molar-refractivity contribution in [2.24, 2.45) is 17.4 Å². The SMILES string of the molecule is CC(C)(CCCCCC(O)(C(N)=O)C1CC1)OC(N)=O. The van der Waals surface area contributed by atoms with Crippen LogP contribution in [-0.4, -0.2) is 28.3 Å². The van der Waals surface area contributed by atoms with Crippen LogP contribution in [0.1, 0.15) is 58.8 Å². The smallest absolute Gasteiger partial charge is 0.405 e. The van der Waals surface area contributed by atoms with Gasteiger partial charge in [-0.1, -0.05) is 12.8 Å². The van der Waals surface area contributed by atoms with E-state index in [0.717, 1.165) is 32.1 Å². The highest BCUT2D eigenvalue weighted by Crippen LogP contribution is 2.42. The second kappa shape index (κ2) is 6.43. The zero-order valence-corrected chi connectivity index (χ0v) is 12.4. The van der Waals surface area contributed by atoms with E-state index in [2.05, 4.69) is 0 Å². The van der Waals surface area contributed by atoms with Crippen LogP contribution in [0.15, 0.2) is 0 Å². The Kier molecular flexibility index (Phi) is 5.39. The number of amides is 2. The molecule has 1 atom stereocenters. The minimum atomic E-state index is -1.33. The minimum Gasteiger partial charge on any atom is -0.444 e. The van der Waals surface area contributed by atoms with Crippen LogP contribution in [0.2, 0.25) is 0 Å². The molecule has 6 heteroatoms. The van der Waals surface area contributed by atoms with Crippen LogP contribution in [0, 0.1) is 5.92 Å². The fourth-order valence-electron chi connectivity index (χ4n) is 2.53. The maximum atomic E-state index is 11.3. The molecule has 0 saturated heterocycles. The van der Waals surface area contributed by atoms with Crippen molar-refractivity contribution in [3.8, 4) is 0 Å². The van der Waals surface area contributed by atoms with E-state index in [9.17, 15) is 14.7 Å². The van der Waals surface area contributed by atoms with Gasteiger partial charge < -0.3 is 21.3 Å². The van der Waals surface area contributed by atoms with Gasteiger partial charge in [0.05, 0.1) is 0 Å². The third kappa shape index (κ3) is 5.00. The number of hydrogen-bond donors (Lipinski definition) is 3. The number of hydrogen-bond acceptors (Lipinski definition) is 4. The molecule has 1 aliphatic rings. The summed E-state index contributed by atoms with van der Waals surface area (Å²) in [5.74, 6) is -0.577. The summed E-state index contributed by atoms with van der Waals surface area (Å²) in [6, 6.07) is 0. The van der Waals surface area contributed by atoms with Gasteiger partial charge in [-0.15, -0.1) is 0 Å². The average Bonchev–Trinajstić information content (AvgIpc) is 3.09. The molecular weight excluding hydrogens is 260 g/mol. The summed E-state index contributed by atoms with van der Waals surface area (Å²) < 4.78 is 4.99. The molecular formula is C14H26N2O4. The number of aliphatic hydroxyl groups is 1. The van der Waals surface area contributed by atoms with Crippen molar-refractivity contribution < 1.29 is 19.4 Å². The lowest BCUT2D eigenvalue weighted by atomic mass is 9.89. The summed E-state index contributed by atoms with van der Waals surface area (Å²) in [7, 11) is 0. The Morgan fingerprint density at radius 3 is 2.15 bits per heavy atom. The Labute approximate surface area is 119 Å². The molecule has 0 aromatic heterocycles. The van der Waals surface area contributed by atoms with Crippen molar-refractivity contribution in [1.29, 1.82) is 0 Å². The summed E-state index contributed by atoms with van der Waals surface area (Å²) in [5, 5.41) is 10.2. The van der Waals surface area contributed by atoms with Gasteiger partial charge >= 0.3 is 6.09 Å². The summed E-state index contributed by atoms with van der Waals surface area (Å²) in [4.78, 5) is 22.1. The van der Waals surface area contributed by atoms with Crippen LogP contribution in [0.3, 0.4) is 0 Å². The lowest BCUT2D eigenvalue weighted by Crippen LogP contribution is -2.45. The lowest BCUT2D eigenvalue weighted by molar-refractivity contribution is -0.139. The summed E-state index contributed by atoms with van der Waals surface area (Å²) in [6.07, 6.45) is 4.47. The number of primary amides is 2. The van der Waals surface area contributed by atoms with Crippen LogP contribution in [0.25, 0.3) is 0 Å². The van der Waals surface area contributed by atoms with Crippen molar-refractivity contribution in [1.82, 2.24) is 0 Å². The van der Waals surface area contributed by atoms with Crippen molar-refractivity contribution in [3.05, 3.63) is 0 Å². The predicted octanol–water partition coefficient (Wildman–Crippen LogP) is 1.44. The van der Waals surface area contributed by atoms with Crippen LogP contribution in [-0.2, 0) is 9.53 Å².